The largest absolute Gasteiger partial charge is 0.494 e. The first kappa shape index (κ1) is 15.9. The lowest BCUT2D eigenvalue weighted by Crippen LogP contribution is -2.01. The van der Waals surface area contributed by atoms with Gasteiger partial charge in [0, 0.05) is 10.9 Å². The van der Waals surface area contributed by atoms with Gasteiger partial charge in [0.25, 0.3) is 0 Å². The first-order chi connectivity index (χ1) is 11.6. The maximum absolute atomic E-state index is 13.4. The lowest BCUT2D eigenvalue weighted by Gasteiger charge is -2.09. The lowest BCUT2D eigenvalue weighted by atomic mass is 10.0. The Bertz CT molecular complexity index is 891. The molecule has 0 radical (unpaired) electrons. The number of carboxylic acid groups (broad SMARTS) is 1. The summed E-state index contributed by atoms with van der Waals surface area (Å²) in [6.07, 6.45) is 0.923. The monoisotopic (exact) mass is 325 g/mol. The van der Waals surface area contributed by atoms with Crippen molar-refractivity contribution < 1.29 is 19.0 Å². The Balaban J connectivity index is 2.06. The Hall–Kier alpha value is -2.95. The van der Waals surface area contributed by atoms with Gasteiger partial charge < -0.3 is 9.84 Å². The highest BCUT2D eigenvalue weighted by molar-refractivity contribution is 6.03. The van der Waals surface area contributed by atoms with Crippen LogP contribution >= 0.6 is 0 Å². The van der Waals surface area contributed by atoms with Crippen molar-refractivity contribution >= 4 is 16.9 Å². The normalized spacial score (nSPS) is 10.8. The fourth-order valence-corrected chi connectivity index (χ4v) is 2.46. The molecule has 122 valence electrons. The molecule has 3 rings (SSSR count). The number of halogens is 1. The summed E-state index contributed by atoms with van der Waals surface area (Å²) in [5.74, 6) is -0.851. The number of carboxylic acids is 1. The summed E-state index contributed by atoms with van der Waals surface area (Å²) in [7, 11) is 0. The van der Waals surface area contributed by atoms with E-state index in [4.69, 9.17) is 4.74 Å². The van der Waals surface area contributed by atoms with E-state index in [1.165, 1.54) is 24.3 Å². The van der Waals surface area contributed by atoms with Crippen molar-refractivity contribution in [1.29, 1.82) is 0 Å². The standard InChI is InChI=1S/C19H16FNO3/c1-2-9-24-14-6-3-12(4-7-14)18-11-16(19(22)23)15-10-13(20)5-8-17(15)21-18/h3-8,10-11H,2,9H2,1H3,(H,22,23). The molecule has 0 bridgehead atoms. The molecule has 0 spiro atoms. The Morgan fingerprint density at radius 2 is 1.92 bits per heavy atom. The van der Waals surface area contributed by atoms with Gasteiger partial charge in [-0.05, 0) is 55.0 Å². The van der Waals surface area contributed by atoms with Crippen LogP contribution in [0.4, 0.5) is 4.39 Å². The quantitative estimate of drug-likeness (QED) is 0.749. The van der Waals surface area contributed by atoms with Gasteiger partial charge in [-0.3, -0.25) is 0 Å². The molecule has 1 N–H and O–H groups in total. The van der Waals surface area contributed by atoms with Crippen LogP contribution in [0.25, 0.3) is 22.2 Å². The molecule has 0 fully saturated rings. The van der Waals surface area contributed by atoms with Crippen molar-refractivity contribution in [3.05, 3.63) is 59.9 Å². The lowest BCUT2D eigenvalue weighted by molar-refractivity contribution is 0.0699. The number of ether oxygens (including phenoxy) is 1. The van der Waals surface area contributed by atoms with Crippen LogP contribution in [-0.2, 0) is 0 Å². The number of aromatic carboxylic acids is 1. The first-order valence-corrected chi connectivity index (χ1v) is 7.65. The Labute approximate surface area is 138 Å². The third kappa shape index (κ3) is 3.20. The smallest absolute Gasteiger partial charge is 0.336 e. The predicted octanol–water partition coefficient (Wildman–Crippen LogP) is 4.53. The highest BCUT2D eigenvalue weighted by Crippen LogP contribution is 2.27. The second-order valence-electron chi connectivity index (χ2n) is 5.39. The highest BCUT2D eigenvalue weighted by Gasteiger charge is 2.13. The molecular formula is C19H16FNO3. The molecule has 1 aromatic heterocycles. The Morgan fingerprint density at radius 3 is 2.58 bits per heavy atom. The number of rotatable bonds is 5. The Morgan fingerprint density at radius 1 is 1.17 bits per heavy atom. The van der Waals surface area contributed by atoms with Gasteiger partial charge in [0.2, 0.25) is 0 Å². The van der Waals surface area contributed by atoms with Gasteiger partial charge >= 0.3 is 5.97 Å². The number of hydrogen-bond acceptors (Lipinski definition) is 3. The number of nitrogens with zero attached hydrogens (tertiary/aromatic N) is 1. The van der Waals surface area contributed by atoms with E-state index < -0.39 is 11.8 Å². The summed E-state index contributed by atoms with van der Waals surface area (Å²) >= 11 is 0. The van der Waals surface area contributed by atoms with Crippen LogP contribution in [0, 0.1) is 5.82 Å². The maximum atomic E-state index is 13.4. The molecule has 1 heterocycles. The van der Waals surface area contributed by atoms with Crippen molar-refractivity contribution in [1.82, 2.24) is 4.98 Å². The molecule has 0 amide bonds. The molecule has 24 heavy (non-hydrogen) atoms. The third-order valence-electron chi connectivity index (χ3n) is 3.62. The van der Waals surface area contributed by atoms with E-state index in [9.17, 15) is 14.3 Å². The van der Waals surface area contributed by atoms with E-state index in [1.54, 1.807) is 0 Å². The topological polar surface area (TPSA) is 59.4 Å². The fraction of sp³-hybridized carbons (Fsp3) is 0.158. The van der Waals surface area contributed by atoms with Crippen molar-refractivity contribution in [2.45, 2.75) is 13.3 Å². The van der Waals surface area contributed by atoms with Crippen molar-refractivity contribution in [3.63, 3.8) is 0 Å². The number of aromatic nitrogens is 1. The average molecular weight is 325 g/mol. The zero-order valence-corrected chi connectivity index (χ0v) is 13.1. The van der Waals surface area contributed by atoms with E-state index in [2.05, 4.69) is 4.98 Å². The summed E-state index contributed by atoms with van der Waals surface area (Å²) in [4.78, 5) is 16.0. The molecule has 4 nitrogen and oxygen atoms in total. The van der Waals surface area contributed by atoms with Crippen molar-refractivity contribution in [3.8, 4) is 17.0 Å². The molecule has 0 aliphatic heterocycles. The van der Waals surface area contributed by atoms with Gasteiger partial charge in [-0.15, -0.1) is 0 Å². The van der Waals surface area contributed by atoms with Crippen LogP contribution < -0.4 is 4.74 Å². The second kappa shape index (κ2) is 6.66. The zero-order chi connectivity index (χ0) is 17.1. The van der Waals surface area contributed by atoms with E-state index in [-0.39, 0.29) is 10.9 Å². The Kier molecular flexibility index (Phi) is 4.42. The van der Waals surface area contributed by atoms with Crippen molar-refractivity contribution in [2.75, 3.05) is 6.61 Å². The zero-order valence-electron chi connectivity index (χ0n) is 13.1. The molecule has 0 aliphatic rings. The van der Waals surface area contributed by atoms with E-state index in [1.807, 2.05) is 31.2 Å². The molecule has 0 aliphatic carbocycles. The van der Waals surface area contributed by atoms with Gasteiger partial charge in [-0.1, -0.05) is 6.92 Å². The van der Waals surface area contributed by atoms with E-state index in [0.29, 0.717) is 17.8 Å². The number of benzene rings is 2. The van der Waals surface area contributed by atoms with Crippen LogP contribution in [0.1, 0.15) is 23.7 Å². The maximum Gasteiger partial charge on any atom is 0.336 e. The average Bonchev–Trinajstić information content (AvgIpc) is 2.59. The minimum Gasteiger partial charge on any atom is -0.494 e. The van der Waals surface area contributed by atoms with Gasteiger partial charge in [-0.2, -0.15) is 0 Å². The third-order valence-corrected chi connectivity index (χ3v) is 3.62. The van der Waals surface area contributed by atoms with Crippen LogP contribution in [-0.4, -0.2) is 22.7 Å². The molecule has 0 saturated heterocycles. The summed E-state index contributed by atoms with van der Waals surface area (Å²) < 4.78 is 19.0. The van der Waals surface area contributed by atoms with Crippen LogP contribution in [0.2, 0.25) is 0 Å². The molecule has 2 aromatic carbocycles. The minimum atomic E-state index is -1.11. The van der Waals surface area contributed by atoms with Crippen LogP contribution in [0.5, 0.6) is 5.75 Å². The molecule has 0 atom stereocenters. The van der Waals surface area contributed by atoms with Gasteiger partial charge in [0.15, 0.2) is 0 Å². The van der Waals surface area contributed by atoms with E-state index >= 15 is 0 Å². The first-order valence-electron chi connectivity index (χ1n) is 7.65. The summed E-state index contributed by atoms with van der Waals surface area (Å²) in [5, 5.41) is 9.70. The minimum absolute atomic E-state index is 0.0285. The number of hydrogen-bond donors (Lipinski definition) is 1. The fourth-order valence-electron chi connectivity index (χ4n) is 2.46. The molecule has 0 unspecified atom stereocenters. The molecule has 0 saturated carbocycles. The van der Waals surface area contributed by atoms with Gasteiger partial charge in [0.1, 0.15) is 11.6 Å². The molecular weight excluding hydrogens is 309 g/mol. The number of pyridine rings is 1. The summed E-state index contributed by atoms with van der Waals surface area (Å²) in [6.45, 7) is 2.67. The number of carbonyl (C=O) groups is 1. The van der Waals surface area contributed by atoms with Crippen molar-refractivity contribution in [2.24, 2.45) is 0 Å². The van der Waals surface area contributed by atoms with Crippen LogP contribution in [0.15, 0.2) is 48.5 Å². The SMILES string of the molecule is CCCOc1ccc(-c2cc(C(=O)O)c3cc(F)ccc3n2)cc1. The molecule has 3 aromatic rings. The highest BCUT2D eigenvalue weighted by atomic mass is 19.1. The summed E-state index contributed by atoms with van der Waals surface area (Å²) in [6, 6.07) is 12.7. The van der Waals surface area contributed by atoms with Gasteiger partial charge in [-0.25, -0.2) is 14.2 Å². The predicted molar refractivity (Wildman–Crippen MR) is 89.9 cm³/mol. The van der Waals surface area contributed by atoms with Gasteiger partial charge in [0.05, 0.1) is 23.4 Å². The molecule has 5 heteroatoms. The second-order valence-corrected chi connectivity index (χ2v) is 5.39. The summed E-state index contributed by atoms with van der Waals surface area (Å²) in [5.41, 5.74) is 1.76. The number of fused-ring (bicyclic) bond motifs is 1. The van der Waals surface area contributed by atoms with E-state index in [0.717, 1.165) is 17.7 Å². The van der Waals surface area contributed by atoms with Crippen LogP contribution in [0.3, 0.4) is 0 Å².